The zero-order valence-electron chi connectivity index (χ0n) is 20.3. The van der Waals surface area contributed by atoms with Crippen LogP contribution < -0.4 is 23.4 Å². The Morgan fingerprint density at radius 2 is 1.30 bits per heavy atom. The van der Waals surface area contributed by atoms with Crippen molar-refractivity contribution in [2.75, 3.05) is 26.2 Å². The molecule has 37 heavy (non-hydrogen) atoms. The molecule has 7 nitrogen and oxygen atoms in total. The minimum absolute atomic E-state index is 0.277. The Bertz CT molecular complexity index is 1420. The molecular formula is C29H27ClN2O5. The average Bonchev–Trinajstić information content (AvgIpc) is 3.37. The first-order valence-electron chi connectivity index (χ1n) is 12.6. The van der Waals surface area contributed by atoms with Crippen molar-refractivity contribution in [1.29, 1.82) is 0 Å². The van der Waals surface area contributed by atoms with Crippen LogP contribution in [-0.4, -0.2) is 41.5 Å². The molecule has 0 atom stereocenters. The van der Waals surface area contributed by atoms with Gasteiger partial charge in [0.1, 0.15) is 11.5 Å². The summed E-state index contributed by atoms with van der Waals surface area (Å²) >= 11 is 0. The molecule has 0 spiro atoms. The second kappa shape index (κ2) is 9.59. The molecule has 0 aliphatic carbocycles. The Kier molecular flexibility index (Phi) is 6.26. The average molecular weight is 519 g/mol. The van der Waals surface area contributed by atoms with E-state index >= 15 is 0 Å². The third-order valence-corrected chi connectivity index (χ3v) is 7.60. The van der Waals surface area contributed by atoms with Gasteiger partial charge in [0.15, 0.2) is 0 Å². The standard InChI is InChI=1S/C29H27N2O.ClHO4/c1-3-9-22-20(7-1)12-14-25-28(22)24(19-31-18-6-17-30-16-5-11-27(30)31)29-23-10-4-2-8-21(23)13-15-26(29)32-25;2-1(3,4)5/h1-4,7-10,12-15,24H,5-6,11,16-19H2;(H,2,3,4,5)/q+1;/p-1. The second-order valence-corrected chi connectivity index (χ2v) is 10.5. The van der Waals surface area contributed by atoms with Gasteiger partial charge in [-0.2, -0.15) is 0 Å². The van der Waals surface area contributed by atoms with Crippen molar-refractivity contribution in [3.05, 3.63) is 83.9 Å². The van der Waals surface area contributed by atoms with Crippen LogP contribution in [0.2, 0.25) is 0 Å². The molecule has 0 saturated carbocycles. The van der Waals surface area contributed by atoms with Crippen LogP contribution in [0.15, 0.2) is 72.8 Å². The van der Waals surface area contributed by atoms with Gasteiger partial charge in [-0.15, -0.1) is 10.2 Å². The lowest BCUT2D eigenvalue weighted by atomic mass is 9.82. The van der Waals surface area contributed by atoms with Gasteiger partial charge in [-0.3, -0.25) is 9.48 Å². The second-order valence-electron chi connectivity index (χ2n) is 9.74. The fourth-order valence-corrected chi connectivity index (χ4v) is 6.21. The highest BCUT2D eigenvalue weighted by Gasteiger charge is 2.38. The number of hydrogen-bond acceptors (Lipinski definition) is 6. The molecule has 0 fully saturated rings. The summed E-state index contributed by atoms with van der Waals surface area (Å²) in [6.45, 7) is 4.61. The maximum absolute atomic E-state index is 8.49. The molecule has 0 N–H and O–H groups in total. The van der Waals surface area contributed by atoms with Gasteiger partial charge in [-0.05, 0) is 40.1 Å². The predicted octanol–water partition coefficient (Wildman–Crippen LogP) is 1.39. The SMILES string of the molecule is [O-][Cl+3]([O-])([O-])[O-].c1ccc2c3c(ccc2c1)Oc1ccc2ccccc2c1C3CN1CCC[N+]2=C1CCC2. The molecule has 8 heteroatoms. The lowest BCUT2D eigenvalue weighted by molar-refractivity contribution is -2.00. The number of rotatable bonds is 2. The number of benzene rings is 4. The van der Waals surface area contributed by atoms with Crippen LogP contribution in [0.3, 0.4) is 0 Å². The zero-order valence-corrected chi connectivity index (χ0v) is 21.0. The first-order chi connectivity index (χ1) is 17.9. The summed E-state index contributed by atoms with van der Waals surface area (Å²) in [6.07, 6.45) is 3.75. The van der Waals surface area contributed by atoms with Crippen LogP contribution in [0, 0.1) is 10.2 Å². The van der Waals surface area contributed by atoms with E-state index in [-0.39, 0.29) is 5.92 Å². The summed E-state index contributed by atoms with van der Waals surface area (Å²) in [5, 5.41) is 5.22. The van der Waals surface area contributed by atoms with Gasteiger partial charge in [0.25, 0.3) is 0 Å². The van der Waals surface area contributed by atoms with Crippen molar-refractivity contribution in [3.8, 4) is 11.5 Å². The molecule has 0 radical (unpaired) electrons. The van der Waals surface area contributed by atoms with Crippen LogP contribution in [0.25, 0.3) is 21.5 Å². The predicted molar refractivity (Wildman–Crippen MR) is 130 cm³/mol. The van der Waals surface area contributed by atoms with E-state index in [9.17, 15) is 0 Å². The van der Waals surface area contributed by atoms with Gasteiger partial charge in [0, 0.05) is 17.5 Å². The summed E-state index contributed by atoms with van der Waals surface area (Å²) in [4.78, 5) is 2.68. The maximum Gasteiger partial charge on any atom is 0.246 e. The van der Waals surface area contributed by atoms with Gasteiger partial charge in [0.2, 0.25) is 5.84 Å². The first kappa shape index (κ1) is 24.2. The fraction of sp³-hybridized carbons (Fsp3) is 0.276. The summed E-state index contributed by atoms with van der Waals surface area (Å²) < 4.78 is 43.2. The van der Waals surface area contributed by atoms with Gasteiger partial charge >= 0.3 is 0 Å². The Labute approximate surface area is 217 Å². The van der Waals surface area contributed by atoms with Gasteiger partial charge in [-0.25, -0.2) is 18.6 Å². The molecule has 0 saturated heterocycles. The summed E-state index contributed by atoms with van der Waals surface area (Å²) in [6, 6.07) is 26.3. The molecule has 0 bridgehead atoms. The Morgan fingerprint density at radius 3 is 1.89 bits per heavy atom. The molecule has 3 aliphatic heterocycles. The monoisotopic (exact) mass is 518 g/mol. The molecule has 0 aromatic heterocycles. The van der Waals surface area contributed by atoms with Crippen molar-refractivity contribution < 1.29 is 38.2 Å². The lowest BCUT2D eigenvalue weighted by Gasteiger charge is -2.33. The van der Waals surface area contributed by atoms with E-state index in [0.29, 0.717) is 0 Å². The van der Waals surface area contributed by atoms with Gasteiger partial charge < -0.3 is 4.74 Å². The smallest absolute Gasteiger partial charge is 0.246 e. The molecule has 3 heterocycles. The number of halogens is 1. The molecule has 4 aromatic carbocycles. The van der Waals surface area contributed by atoms with E-state index in [0.717, 1.165) is 24.6 Å². The number of ether oxygens (including phenoxy) is 1. The highest BCUT2D eigenvalue weighted by molar-refractivity contribution is 5.94. The van der Waals surface area contributed by atoms with Crippen LogP contribution >= 0.6 is 0 Å². The minimum Gasteiger partial charge on any atom is -0.457 e. The third kappa shape index (κ3) is 4.77. The maximum atomic E-state index is 8.49. The highest BCUT2D eigenvalue weighted by Crippen LogP contribution is 2.50. The van der Waals surface area contributed by atoms with Crippen LogP contribution in [-0.2, 0) is 0 Å². The highest BCUT2D eigenvalue weighted by atomic mass is 35.7. The van der Waals surface area contributed by atoms with E-state index in [1.807, 2.05) is 0 Å². The van der Waals surface area contributed by atoms with Gasteiger partial charge in [0.05, 0.1) is 38.5 Å². The van der Waals surface area contributed by atoms with E-state index in [1.165, 1.54) is 65.0 Å². The molecule has 190 valence electrons. The number of hydrogen-bond donors (Lipinski definition) is 0. The molecule has 4 aromatic rings. The van der Waals surface area contributed by atoms with Crippen molar-refractivity contribution in [3.63, 3.8) is 0 Å². The largest absolute Gasteiger partial charge is 0.457 e. The van der Waals surface area contributed by atoms with Crippen molar-refractivity contribution >= 4 is 27.4 Å². The Hall–Kier alpha value is -3.20. The Morgan fingerprint density at radius 1 is 0.757 bits per heavy atom. The Balaban J connectivity index is 0.000000463. The van der Waals surface area contributed by atoms with Crippen molar-refractivity contribution in [2.45, 2.75) is 25.2 Å². The number of amidine groups is 1. The van der Waals surface area contributed by atoms with Crippen molar-refractivity contribution in [2.24, 2.45) is 0 Å². The summed E-state index contributed by atoms with van der Waals surface area (Å²) in [5.41, 5.74) is 2.70. The minimum atomic E-state index is -4.94. The topological polar surface area (TPSA) is 108 Å². The molecule has 3 aliphatic rings. The zero-order chi connectivity index (χ0) is 25.6. The van der Waals surface area contributed by atoms with Crippen molar-refractivity contribution in [1.82, 2.24) is 4.90 Å². The van der Waals surface area contributed by atoms with Crippen LogP contribution in [0.1, 0.15) is 36.3 Å². The summed E-state index contributed by atoms with van der Waals surface area (Å²) in [5.74, 6) is 3.87. The first-order valence-corrected chi connectivity index (χ1v) is 13.8. The van der Waals surface area contributed by atoms with E-state index in [4.69, 9.17) is 23.4 Å². The van der Waals surface area contributed by atoms with E-state index in [1.54, 1.807) is 5.84 Å². The van der Waals surface area contributed by atoms with Crippen LogP contribution in [0.4, 0.5) is 0 Å². The van der Waals surface area contributed by atoms with Gasteiger partial charge in [-0.1, -0.05) is 60.7 Å². The fourth-order valence-electron chi connectivity index (χ4n) is 6.21. The lowest BCUT2D eigenvalue weighted by Crippen LogP contribution is -2.68. The number of fused-ring (bicyclic) bond motifs is 6. The molecule has 0 unspecified atom stereocenters. The summed E-state index contributed by atoms with van der Waals surface area (Å²) in [7, 11) is -4.94. The third-order valence-electron chi connectivity index (χ3n) is 7.60. The van der Waals surface area contributed by atoms with E-state index < -0.39 is 10.2 Å². The normalized spacial score (nSPS) is 17.1. The van der Waals surface area contributed by atoms with Crippen LogP contribution in [0.5, 0.6) is 11.5 Å². The number of nitrogens with zero attached hydrogens (tertiary/aromatic N) is 2. The quantitative estimate of drug-likeness (QED) is 0.371. The molecule has 0 amide bonds. The molecule has 7 rings (SSSR count). The molecular weight excluding hydrogens is 492 g/mol. The van der Waals surface area contributed by atoms with E-state index in [2.05, 4.69) is 82.3 Å².